The van der Waals surface area contributed by atoms with Crippen molar-refractivity contribution in [3.05, 3.63) is 71.3 Å². The Labute approximate surface area is 154 Å². The Bertz CT molecular complexity index is 703. The third-order valence-electron chi connectivity index (χ3n) is 4.87. The van der Waals surface area contributed by atoms with Crippen molar-refractivity contribution < 1.29 is 14.6 Å². The Morgan fingerprint density at radius 2 is 1.96 bits per heavy atom. The summed E-state index contributed by atoms with van der Waals surface area (Å²) in [6.45, 7) is 4.86. The van der Waals surface area contributed by atoms with Gasteiger partial charge in [-0.15, -0.1) is 0 Å². The molecule has 1 aliphatic rings. The number of carbonyl (C=O) groups is 1. The zero-order chi connectivity index (χ0) is 18.4. The normalized spacial score (nSPS) is 19.1. The third-order valence-corrected chi connectivity index (χ3v) is 4.87. The lowest BCUT2D eigenvalue weighted by Crippen LogP contribution is -2.39. The van der Waals surface area contributed by atoms with Crippen LogP contribution >= 0.6 is 0 Å². The molecule has 26 heavy (non-hydrogen) atoms. The van der Waals surface area contributed by atoms with Gasteiger partial charge in [0.15, 0.2) is 0 Å². The summed E-state index contributed by atoms with van der Waals surface area (Å²) < 4.78 is 5.97. The quantitative estimate of drug-likeness (QED) is 0.837. The predicted octanol–water partition coefficient (Wildman–Crippen LogP) is 2.54. The molecule has 0 aliphatic carbocycles. The van der Waals surface area contributed by atoms with Crippen molar-refractivity contribution in [2.75, 3.05) is 32.8 Å². The van der Waals surface area contributed by atoms with Gasteiger partial charge in [-0.3, -0.25) is 9.69 Å². The summed E-state index contributed by atoms with van der Waals surface area (Å²) in [6, 6.07) is 18.4. The van der Waals surface area contributed by atoms with Gasteiger partial charge in [-0.05, 0) is 30.2 Å². The van der Waals surface area contributed by atoms with Crippen LogP contribution in [0.2, 0.25) is 0 Å². The molecule has 1 unspecified atom stereocenters. The smallest absolute Gasteiger partial charge is 0.251 e. The minimum absolute atomic E-state index is 0.00413. The van der Waals surface area contributed by atoms with Crippen molar-refractivity contribution >= 4 is 5.91 Å². The summed E-state index contributed by atoms with van der Waals surface area (Å²) in [5.74, 6) is -0.172. The average Bonchev–Trinajstić information content (AvgIpc) is 2.72. The van der Waals surface area contributed by atoms with E-state index in [9.17, 15) is 4.79 Å². The molecule has 138 valence electrons. The summed E-state index contributed by atoms with van der Waals surface area (Å²) in [5, 5.41) is 11.5. The Morgan fingerprint density at radius 3 is 2.65 bits per heavy atom. The monoisotopic (exact) mass is 354 g/mol. The van der Waals surface area contributed by atoms with Crippen LogP contribution in [-0.2, 0) is 4.74 Å². The predicted molar refractivity (Wildman–Crippen MR) is 101 cm³/mol. The average molecular weight is 354 g/mol. The van der Waals surface area contributed by atoms with Gasteiger partial charge in [0.25, 0.3) is 5.91 Å². The van der Waals surface area contributed by atoms with Gasteiger partial charge in [-0.25, -0.2) is 0 Å². The number of nitrogens with one attached hydrogen (secondary N) is 1. The van der Waals surface area contributed by atoms with Gasteiger partial charge in [-0.1, -0.05) is 42.5 Å². The molecule has 1 amide bonds. The van der Waals surface area contributed by atoms with Crippen molar-refractivity contribution in [2.24, 2.45) is 0 Å². The number of aliphatic hydroxyl groups excluding tert-OH is 1. The Morgan fingerprint density at radius 1 is 1.23 bits per heavy atom. The minimum atomic E-state index is -0.172. The maximum Gasteiger partial charge on any atom is 0.251 e. The van der Waals surface area contributed by atoms with E-state index in [4.69, 9.17) is 9.84 Å². The van der Waals surface area contributed by atoms with Gasteiger partial charge >= 0.3 is 0 Å². The summed E-state index contributed by atoms with van der Waals surface area (Å²) >= 11 is 0. The van der Waals surface area contributed by atoms with E-state index in [-0.39, 0.29) is 25.2 Å². The molecule has 0 radical (unpaired) electrons. The van der Waals surface area contributed by atoms with E-state index in [1.54, 1.807) is 0 Å². The van der Waals surface area contributed by atoms with Crippen LogP contribution in [-0.4, -0.2) is 48.8 Å². The van der Waals surface area contributed by atoms with Gasteiger partial charge in [0, 0.05) is 31.2 Å². The van der Waals surface area contributed by atoms with E-state index in [1.165, 1.54) is 5.56 Å². The number of hydrogen-bond acceptors (Lipinski definition) is 4. The SMILES string of the molecule is C[C@H](c1ccccc1)N1CCOC(c2ccc(C(=O)NCCO)cc2)C1. The molecule has 5 heteroatoms. The van der Waals surface area contributed by atoms with E-state index in [0.717, 1.165) is 18.7 Å². The standard InChI is InChI=1S/C21H26N2O3/c1-16(17-5-3-2-4-6-17)23-12-14-26-20(15-23)18-7-9-19(10-8-18)21(25)22-11-13-24/h2-10,16,20,24H,11-15H2,1H3,(H,22,25)/t16-,20?/m1/s1. The first-order valence-electron chi connectivity index (χ1n) is 9.08. The van der Waals surface area contributed by atoms with Crippen molar-refractivity contribution in [3.8, 4) is 0 Å². The number of nitrogens with zero attached hydrogens (tertiary/aromatic N) is 1. The molecule has 1 saturated heterocycles. The highest BCUT2D eigenvalue weighted by Crippen LogP contribution is 2.28. The molecule has 2 aromatic carbocycles. The van der Waals surface area contributed by atoms with Crippen LogP contribution in [0.1, 0.15) is 40.6 Å². The molecule has 2 atom stereocenters. The van der Waals surface area contributed by atoms with E-state index in [0.29, 0.717) is 18.2 Å². The van der Waals surface area contributed by atoms with Crippen LogP contribution < -0.4 is 5.32 Å². The molecule has 0 bridgehead atoms. The zero-order valence-electron chi connectivity index (χ0n) is 15.1. The number of carbonyl (C=O) groups excluding carboxylic acids is 1. The molecule has 2 aromatic rings. The van der Waals surface area contributed by atoms with Crippen LogP contribution in [0.5, 0.6) is 0 Å². The first-order chi connectivity index (χ1) is 12.7. The zero-order valence-corrected chi connectivity index (χ0v) is 15.1. The molecule has 1 heterocycles. The molecular formula is C21H26N2O3. The lowest BCUT2D eigenvalue weighted by atomic mass is 10.0. The Balaban J connectivity index is 1.65. The molecule has 0 aromatic heterocycles. The maximum atomic E-state index is 11.9. The fourth-order valence-electron chi connectivity index (χ4n) is 3.29. The number of hydrogen-bond donors (Lipinski definition) is 2. The number of morpholine rings is 1. The van der Waals surface area contributed by atoms with Gasteiger partial charge < -0.3 is 15.2 Å². The van der Waals surface area contributed by atoms with E-state index in [2.05, 4.69) is 41.4 Å². The second kappa shape index (κ2) is 8.94. The van der Waals surface area contributed by atoms with Crippen molar-refractivity contribution in [3.63, 3.8) is 0 Å². The van der Waals surface area contributed by atoms with E-state index < -0.39 is 0 Å². The van der Waals surface area contributed by atoms with Crippen LogP contribution in [0.3, 0.4) is 0 Å². The van der Waals surface area contributed by atoms with Crippen LogP contribution in [0.15, 0.2) is 54.6 Å². The number of benzene rings is 2. The molecule has 0 spiro atoms. The number of aliphatic hydroxyl groups is 1. The Kier molecular flexibility index (Phi) is 6.39. The molecule has 1 fully saturated rings. The van der Waals surface area contributed by atoms with Crippen LogP contribution in [0.25, 0.3) is 0 Å². The van der Waals surface area contributed by atoms with Gasteiger partial charge in [0.2, 0.25) is 0 Å². The summed E-state index contributed by atoms with van der Waals surface area (Å²) in [4.78, 5) is 14.4. The number of ether oxygens (including phenoxy) is 1. The van der Waals surface area contributed by atoms with Crippen molar-refractivity contribution in [1.82, 2.24) is 10.2 Å². The Hall–Kier alpha value is -2.21. The van der Waals surface area contributed by atoms with Gasteiger partial charge in [0.1, 0.15) is 0 Å². The highest BCUT2D eigenvalue weighted by atomic mass is 16.5. The summed E-state index contributed by atoms with van der Waals surface area (Å²) in [6.07, 6.45) is 0.00413. The second-order valence-electron chi connectivity index (χ2n) is 6.54. The second-order valence-corrected chi connectivity index (χ2v) is 6.54. The molecule has 0 saturated carbocycles. The van der Waals surface area contributed by atoms with Crippen molar-refractivity contribution in [2.45, 2.75) is 19.1 Å². The highest BCUT2D eigenvalue weighted by molar-refractivity contribution is 5.94. The molecule has 1 aliphatic heterocycles. The molecular weight excluding hydrogens is 328 g/mol. The fourth-order valence-corrected chi connectivity index (χ4v) is 3.29. The first-order valence-corrected chi connectivity index (χ1v) is 9.08. The van der Waals surface area contributed by atoms with Crippen LogP contribution in [0.4, 0.5) is 0 Å². The minimum Gasteiger partial charge on any atom is -0.395 e. The van der Waals surface area contributed by atoms with Crippen LogP contribution in [0, 0.1) is 0 Å². The molecule has 2 N–H and O–H groups in total. The largest absolute Gasteiger partial charge is 0.395 e. The topological polar surface area (TPSA) is 61.8 Å². The summed E-state index contributed by atoms with van der Waals surface area (Å²) in [5.41, 5.74) is 2.98. The van der Waals surface area contributed by atoms with Crippen molar-refractivity contribution in [1.29, 1.82) is 0 Å². The van der Waals surface area contributed by atoms with E-state index in [1.807, 2.05) is 30.3 Å². The molecule has 5 nitrogen and oxygen atoms in total. The van der Waals surface area contributed by atoms with Gasteiger partial charge in [0.05, 0.1) is 19.3 Å². The van der Waals surface area contributed by atoms with E-state index >= 15 is 0 Å². The molecule has 3 rings (SSSR count). The lowest BCUT2D eigenvalue weighted by molar-refractivity contribution is -0.0431. The first kappa shape index (κ1) is 18.6. The fraction of sp³-hybridized carbons (Fsp3) is 0.381. The summed E-state index contributed by atoms with van der Waals surface area (Å²) in [7, 11) is 0. The van der Waals surface area contributed by atoms with Gasteiger partial charge in [-0.2, -0.15) is 0 Å². The third kappa shape index (κ3) is 4.49. The maximum absolute atomic E-state index is 11.9. The number of rotatable bonds is 6. The highest BCUT2D eigenvalue weighted by Gasteiger charge is 2.26. The number of amides is 1. The lowest BCUT2D eigenvalue weighted by Gasteiger charge is -2.37.